The van der Waals surface area contributed by atoms with Gasteiger partial charge < -0.3 is 9.64 Å². The monoisotopic (exact) mass is 479 g/mol. The van der Waals surface area contributed by atoms with Crippen LogP contribution in [-0.2, 0) is 14.8 Å². The lowest BCUT2D eigenvalue weighted by Gasteiger charge is -2.37. The van der Waals surface area contributed by atoms with Gasteiger partial charge in [-0.2, -0.15) is 4.31 Å². The van der Waals surface area contributed by atoms with Gasteiger partial charge in [0, 0.05) is 37.1 Å². The largest absolute Gasteiger partial charge is 0.491 e. The molecule has 2 saturated heterocycles. The Morgan fingerprint density at radius 3 is 2.73 bits per heavy atom. The smallest absolute Gasteiger partial charge is 0.249 e. The van der Waals surface area contributed by atoms with Crippen molar-refractivity contribution in [2.45, 2.75) is 62.0 Å². The van der Waals surface area contributed by atoms with Crippen LogP contribution in [0.2, 0.25) is 0 Å². The van der Waals surface area contributed by atoms with Crippen LogP contribution in [0.15, 0.2) is 47.6 Å². The molecular weight excluding hydrogens is 452 g/mol. The number of carbonyl (C=O) groups is 1. The number of hydrogen-bond acceptors (Lipinski definition) is 5. The Morgan fingerprint density at radius 1 is 1.27 bits per heavy atom. The molecule has 2 unspecified atom stereocenters. The Bertz CT molecular complexity index is 1130. The molecule has 2 aromatic rings. The first kappa shape index (κ1) is 23.6. The van der Waals surface area contributed by atoms with Crippen molar-refractivity contribution in [3.63, 3.8) is 0 Å². The summed E-state index contributed by atoms with van der Waals surface area (Å²) in [6.07, 6.45) is 5.05. The van der Waals surface area contributed by atoms with Crippen molar-refractivity contribution in [2.75, 3.05) is 13.2 Å². The lowest BCUT2D eigenvalue weighted by molar-refractivity contribution is -0.115. The predicted molar refractivity (Wildman–Crippen MR) is 117 cm³/mol. The molecule has 2 fully saturated rings. The zero-order valence-electron chi connectivity index (χ0n) is 18.6. The van der Waals surface area contributed by atoms with Crippen LogP contribution < -0.4 is 4.74 Å². The van der Waals surface area contributed by atoms with E-state index < -0.39 is 27.2 Å². The van der Waals surface area contributed by atoms with E-state index in [1.54, 1.807) is 6.07 Å². The number of amides is 1. The van der Waals surface area contributed by atoms with Crippen LogP contribution in [-0.4, -0.2) is 59.3 Å². The number of nitrogens with zero attached hydrogens (tertiary/aromatic N) is 3. The molecule has 1 aromatic heterocycles. The Hall–Kier alpha value is -2.59. The third kappa shape index (κ3) is 4.59. The minimum Gasteiger partial charge on any atom is -0.491 e. The van der Waals surface area contributed by atoms with Crippen LogP contribution in [0.4, 0.5) is 8.78 Å². The van der Waals surface area contributed by atoms with Crippen LogP contribution in [0.3, 0.4) is 0 Å². The molecule has 10 heteroatoms. The maximum Gasteiger partial charge on any atom is 0.249 e. The molecular formula is C23H27F2N3O4S. The standard InChI is InChI=1S/C23H27F2N3O4S/c1-16-13-18(8-11-27(16)33(30,31)19-5-3-10-26-15-19)28-22(29)23(28,2)9-4-12-32-21-7-6-17(24)14-20(21)25/h3,5-7,10,14-16,18H,4,8-9,11-13H2,1-2H3/t16-,18?,23?,28?/m0/s1. The van der Waals surface area contributed by atoms with Gasteiger partial charge in [-0.25, -0.2) is 17.2 Å². The first-order chi connectivity index (χ1) is 15.6. The summed E-state index contributed by atoms with van der Waals surface area (Å²) in [5.41, 5.74) is -0.626. The average molecular weight is 480 g/mol. The van der Waals surface area contributed by atoms with Crippen molar-refractivity contribution in [3.8, 4) is 5.75 Å². The molecule has 0 aliphatic carbocycles. The number of ether oxygens (including phenoxy) is 1. The van der Waals surface area contributed by atoms with Gasteiger partial charge in [-0.3, -0.25) is 9.78 Å². The molecule has 3 heterocycles. The quantitative estimate of drug-likeness (QED) is 0.429. The lowest BCUT2D eigenvalue weighted by atomic mass is 9.99. The first-order valence-electron chi connectivity index (χ1n) is 11.0. The van der Waals surface area contributed by atoms with Crippen LogP contribution >= 0.6 is 0 Å². The molecule has 2 aliphatic rings. The topological polar surface area (TPSA) is 79.6 Å². The van der Waals surface area contributed by atoms with E-state index >= 15 is 0 Å². The molecule has 4 rings (SSSR count). The van der Waals surface area contributed by atoms with Gasteiger partial charge in [-0.15, -0.1) is 0 Å². The third-order valence-electron chi connectivity index (χ3n) is 6.51. The van der Waals surface area contributed by atoms with Crippen LogP contribution in [0.5, 0.6) is 5.75 Å². The Labute approximate surface area is 192 Å². The number of aromatic nitrogens is 1. The number of rotatable bonds is 8. The SMILES string of the molecule is C[C@H]1CC(N2C(=O)C2(C)CCCOc2ccc(F)cc2F)CCN1S(=O)(=O)c1cccnc1. The molecule has 0 spiro atoms. The van der Waals surface area contributed by atoms with Crippen molar-refractivity contribution in [1.82, 2.24) is 14.2 Å². The van der Waals surface area contributed by atoms with Gasteiger partial charge in [0.05, 0.1) is 6.61 Å². The van der Waals surface area contributed by atoms with E-state index in [9.17, 15) is 22.0 Å². The van der Waals surface area contributed by atoms with E-state index in [-0.39, 0.29) is 35.2 Å². The highest BCUT2D eigenvalue weighted by Gasteiger charge is 2.61. The molecule has 0 radical (unpaired) electrons. The second kappa shape index (κ2) is 8.98. The summed E-state index contributed by atoms with van der Waals surface area (Å²) < 4.78 is 59.5. The van der Waals surface area contributed by atoms with Gasteiger partial charge in [0.1, 0.15) is 16.3 Å². The van der Waals surface area contributed by atoms with Crippen LogP contribution in [0.1, 0.15) is 39.5 Å². The fourth-order valence-corrected chi connectivity index (χ4v) is 6.32. The summed E-state index contributed by atoms with van der Waals surface area (Å²) >= 11 is 0. The summed E-state index contributed by atoms with van der Waals surface area (Å²) in [5, 5.41) is 0. The van der Waals surface area contributed by atoms with Crippen LogP contribution in [0, 0.1) is 11.6 Å². The van der Waals surface area contributed by atoms with Crippen molar-refractivity contribution < 1.29 is 26.7 Å². The number of piperidine rings is 1. The minimum absolute atomic E-state index is 0.0171. The maximum absolute atomic E-state index is 13.7. The van der Waals surface area contributed by atoms with E-state index in [4.69, 9.17) is 4.74 Å². The summed E-state index contributed by atoms with van der Waals surface area (Å²) in [5.74, 6) is -1.40. The van der Waals surface area contributed by atoms with Gasteiger partial charge in [-0.05, 0) is 63.8 Å². The van der Waals surface area contributed by atoms with E-state index in [1.807, 2.05) is 18.7 Å². The number of pyridine rings is 1. The van der Waals surface area contributed by atoms with Gasteiger partial charge >= 0.3 is 0 Å². The van der Waals surface area contributed by atoms with E-state index in [2.05, 4.69) is 4.98 Å². The highest BCUT2D eigenvalue weighted by molar-refractivity contribution is 7.89. The van der Waals surface area contributed by atoms with Gasteiger partial charge in [0.2, 0.25) is 15.9 Å². The fraction of sp³-hybridized carbons (Fsp3) is 0.478. The van der Waals surface area contributed by atoms with E-state index in [1.165, 1.54) is 28.8 Å². The van der Waals surface area contributed by atoms with E-state index in [0.717, 1.165) is 12.1 Å². The fourth-order valence-electron chi connectivity index (χ4n) is 4.70. The summed E-state index contributed by atoms with van der Waals surface area (Å²) in [7, 11) is -3.64. The second-order valence-corrected chi connectivity index (χ2v) is 10.7. The number of carbonyl (C=O) groups excluding carboxylic acids is 1. The Kier molecular flexibility index (Phi) is 6.41. The number of benzene rings is 1. The Morgan fingerprint density at radius 2 is 2.06 bits per heavy atom. The van der Waals surface area contributed by atoms with Crippen LogP contribution in [0.25, 0.3) is 0 Å². The maximum atomic E-state index is 13.7. The van der Waals surface area contributed by atoms with Gasteiger partial charge in [0.25, 0.3) is 0 Å². The molecule has 33 heavy (non-hydrogen) atoms. The van der Waals surface area contributed by atoms with Gasteiger partial charge in [-0.1, -0.05) is 0 Å². The predicted octanol–water partition coefficient (Wildman–Crippen LogP) is 3.36. The average Bonchev–Trinajstić information content (AvgIpc) is 3.32. The molecule has 0 saturated carbocycles. The Balaban J connectivity index is 1.31. The van der Waals surface area contributed by atoms with Crippen molar-refractivity contribution in [3.05, 3.63) is 54.4 Å². The lowest BCUT2D eigenvalue weighted by Crippen LogP contribution is -2.48. The number of halogens is 2. The summed E-state index contributed by atoms with van der Waals surface area (Å²) in [6.45, 7) is 4.26. The first-order valence-corrected chi connectivity index (χ1v) is 12.4. The molecule has 0 bridgehead atoms. The minimum atomic E-state index is -3.64. The molecule has 3 atom stereocenters. The molecule has 2 aliphatic heterocycles. The normalized spacial score (nSPS) is 25.8. The molecule has 1 aromatic carbocycles. The molecule has 1 amide bonds. The van der Waals surface area contributed by atoms with E-state index in [0.29, 0.717) is 32.2 Å². The summed E-state index contributed by atoms with van der Waals surface area (Å²) in [4.78, 5) is 18.6. The second-order valence-electron chi connectivity index (χ2n) is 8.81. The summed E-state index contributed by atoms with van der Waals surface area (Å²) in [6, 6.07) is 5.99. The zero-order chi connectivity index (χ0) is 23.8. The molecule has 0 N–H and O–H groups in total. The highest BCUT2D eigenvalue weighted by Crippen LogP contribution is 2.44. The van der Waals surface area contributed by atoms with Crippen molar-refractivity contribution in [1.29, 1.82) is 0 Å². The number of hydrogen-bond donors (Lipinski definition) is 0. The third-order valence-corrected chi connectivity index (χ3v) is 8.51. The molecule has 178 valence electrons. The van der Waals surface area contributed by atoms with Gasteiger partial charge in [0.15, 0.2) is 11.6 Å². The zero-order valence-corrected chi connectivity index (χ0v) is 19.4. The van der Waals surface area contributed by atoms with Crippen molar-refractivity contribution in [2.24, 2.45) is 0 Å². The molecule has 7 nitrogen and oxygen atoms in total. The number of sulfonamides is 1. The van der Waals surface area contributed by atoms with Crippen molar-refractivity contribution >= 4 is 15.9 Å². The highest BCUT2D eigenvalue weighted by atomic mass is 32.2.